The van der Waals surface area contributed by atoms with E-state index in [-0.39, 0.29) is 18.7 Å². The fourth-order valence-corrected chi connectivity index (χ4v) is 1.14. The van der Waals surface area contributed by atoms with Crippen LogP contribution >= 0.6 is 12.2 Å². The molecule has 1 unspecified atom stereocenters. The van der Waals surface area contributed by atoms with Gasteiger partial charge in [0.05, 0.1) is 6.54 Å². The van der Waals surface area contributed by atoms with Gasteiger partial charge >= 0.3 is 5.97 Å². The van der Waals surface area contributed by atoms with E-state index in [1.54, 1.807) is 11.9 Å². The lowest BCUT2D eigenvalue weighted by Crippen LogP contribution is -2.31. The molecule has 18 heavy (non-hydrogen) atoms. The summed E-state index contributed by atoms with van der Waals surface area (Å²) in [7, 11) is 1.78. The van der Waals surface area contributed by atoms with Gasteiger partial charge in [0, 0.05) is 13.5 Å². The normalized spacial score (nSPS) is 15.6. The summed E-state index contributed by atoms with van der Waals surface area (Å²) in [5.74, 6) is -1.66. The Morgan fingerprint density at radius 2 is 2.17 bits per heavy atom. The van der Waals surface area contributed by atoms with Crippen molar-refractivity contribution >= 4 is 35.1 Å². The molecule has 8 nitrogen and oxygen atoms in total. The van der Waals surface area contributed by atoms with Crippen LogP contribution in [0.4, 0.5) is 0 Å². The van der Waals surface area contributed by atoms with E-state index >= 15 is 0 Å². The van der Waals surface area contributed by atoms with Gasteiger partial charge in [-0.1, -0.05) is 0 Å². The Labute approximate surface area is 109 Å². The molecule has 0 aliphatic carbocycles. The number of hydrogen-bond donors (Lipinski definition) is 4. The highest BCUT2D eigenvalue weighted by Crippen LogP contribution is 1.92. The molecule has 9 heteroatoms. The first kappa shape index (κ1) is 16.3. The molecular weight excluding hydrogens is 260 g/mol. The minimum atomic E-state index is -1.11. The van der Waals surface area contributed by atoms with Gasteiger partial charge in [-0.3, -0.25) is 14.4 Å². The van der Waals surface area contributed by atoms with Gasteiger partial charge in [0.1, 0.15) is 6.04 Å². The summed E-state index contributed by atoms with van der Waals surface area (Å²) in [6.07, 6.45) is 0.123. The van der Waals surface area contributed by atoms with Crippen LogP contribution in [0.1, 0.15) is 12.8 Å². The summed E-state index contributed by atoms with van der Waals surface area (Å²) in [5, 5.41) is 11.2. The van der Waals surface area contributed by atoms with E-state index in [1.807, 2.05) is 0 Å². The van der Waals surface area contributed by atoms with Gasteiger partial charge in [-0.15, -0.1) is 0 Å². The van der Waals surface area contributed by atoms with Crippen LogP contribution in [-0.2, 0) is 14.4 Å². The minimum absolute atomic E-state index is 0.0162. The van der Waals surface area contributed by atoms with Crippen molar-refractivity contribution in [1.29, 1.82) is 0 Å². The van der Waals surface area contributed by atoms with Crippen LogP contribution in [-0.4, -0.2) is 52.5 Å². The molecular formula is C9H16N4O4S. The Morgan fingerprint density at radius 3 is 2.39 bits per heavy atom. The van der Waals surface area contributed by atoms with Crippen LogP contribution in [0.2, 0.25) is 0 Å². The number of rotatable bonds is 4. The molecule has 6 N–H and O–H groups in total. The van der Waals surface area contributed by atoms with E-state index in [0.29, 0.717) is 11.7 Å². The largest absolute Gasteiger partial charge is 0.480 e. The van der Waals surface area contributed by atoms with Gasteiger partial charge in [0.15, 0.2) is 5.11 Å². The fourth-order valence-electron chi connectivity index (χ4n) is 0.963. The third-order valence-corrected chi connectivity index (χ3v) is 2.41. The monoisotopic (exact) mass is 276 g/mol. The predicted octanol–water partition coefficient (Wildman–Crippen LogP) is -2.00. The Balaban J connectivity index is 0.000000327. The lowest BCUT2D eigenvalue weighted by molar-refractivity contribution is -0.138. The maximum Gasteiger partial charge on any atom is 0.320 e. The van der Waals surface area contributed by atoms with E-state index in [0.717, 1.165) is 0 Å². The molecule has 0 radical (unpaired) electrons. The third kappa shape index (κ3) is 6.76. The molecule has 0 aromatic heterocycles. The molecule has 1 heterocycles. The molecule has 1 saturated heterocycles. The highest BCUT2D eigenvalue weighted by Gasteiger charge is 2.18. The van der Waals surface area contributed by atoms with Crippen molar-refractivity contribution in [2.45, 2.75) is 18.9 Å². The first-order chi connectivity index (χ1) is 8.23. The fraction of sp³-hybridized carbons (Fsp3) is 0.556. The van der Waals surface area contributed by atoms with Gasteiger partial charge < -0.3 is 26.8 Å². The second kappa shape index (κ2) is 7.56. The number of aliphatic carboxylic acids is 1. The van der Waals surface area contributed by atoms with Crippen molar-refractivity contribution < 1.29 is 19.5 Å². The first-order valence-corrected chi connectivity index (χ1v) is 5.46. The lowest BCUT2D eigenvalue weighted by atomic mass is 10.2. The van der Waals surface area contributed by atoms with Crippen molar-refractivity contribution in [1.82, 2.24) is 10.2 Å². The number of amides is 2. The zero-order valence-electron chi connectivity index (χ0n) is 9.88. The average molecular weight is 276 g/mol. The van der Waals surface area contributed by atoms with Gasteiger partial charge in [-0.25, -0.2) is 0 Å². The molecule has 1 fully saturated rings. The molecule has 1 atom stereocenters. The Morgan fingerprint density at radius 1 is 1.61 bits per heavy atom. The molecule has 0 bridgehead atoms. The number of carboxylic acid groups (broad SMARTS) is 1. The molecule has 0 aromatic carbocycles. The second-order valence-corrected chi connectivity index (χ2v) is 4.05. The maximum absolute atomic E-state index is 10.4. The molecule has 1 aliphatic rings. The predicted molar refractivity (Wildman–Crippen MR) is 67.4 cm³/mol. The number of carbonyl (C=O) groups excluding carboxylic acids is 2. The SMILES string of the molecule is CN1CC(=O)NC1=S.NC(=O)CCC(N)C(=O)O. The number of thiocarbonyl (C=S) groups is 1. The molecule has 1 rings (SSSR count). The minimum Gasteiger partial charge on any atom is -0.480 e. The number of likely N-dealkylation sites (N-methyl/N-ethyl adjacent to an activating group) is 1. The zero-order valence-corrected chi connectivity index (χ0v) is 10.7. The van der Waals surface area contributed by atoms with Crippen LogP contribution in [0.15, 0.2) is 0 Å². The number of nitrogens with one attached hydrogen (secondary N) is 1. The average Bonchev–Trinajstić information content (AvgIpc) is 2.53. The number of nitrogens with two attached hydrogens (primary N) is 2. The molecule has 0 aromatic rings. The van der Waals surface area contributed by atoms with Crippen LogP contribution in [0, 0.1) is 0 Å². The van der Waals surface area contributed by atoms with Crippen LogP contribution in [0.3, 0.4) is 0 Å². The topological polar surface area (TPSA) is 139 Å². The highest BCUT2D eigenvalue weighted by molar-refractivity contribution is 7.80. The van der Waals surface area contributed by atoms with E-state index in [1.165, 1.54) is 0 Å². The number of carboxylic acids is 1. The lowest BCUT2D eigenvalue weighted by Gasteiger charge is -2.03. The van der Waals surface area contributed by atoms with Crippen LogP contribution in [0.5, 0.6) is 0 Å². The highest BCUT2D eigenvalue weighted by atomic mass is 32.1. The first-order valence-electron chi connectivity index (χ1n) is 5.05. The van der Waals surface area contributed by atoms with Crippen molar-refractivity contribution in [2.75, 3.05) is 13.6 Å². The number of carbonyl (C=O) groups is 3. The summed E-state index contributed by atoms with van der Waals surface area (Å²) < 4.78 is 0. The van der Waals surface area contributed by atoms with Crippen molar-refractivity contribution in [2.24, 2.45) is 11.5 Å². The summed E-state index contributed by atoms with van der Waals surface area (Å²) in [4.78, 5) is 32.3. The molecule has 102 valence electrons. The number of primary amides is 1. The van der Waals surface area contributed by atoms with Crippen molar-refractivity contribution in [3.63, 3.8) is 0 Å². The summed E-state index contributed by atoms with van der Waals surface area (Å²) in [6.45, 7) is 0.402. The summed E-state index contributed by atoms with van der Waals surface area (Å²) in [6, 6.07) is -0.979. The zero-order chi connectivity index (χ0) is 14.3. The van der Waals surface area contributed by atoms with E-state index in [4.69, 9.17) is 28.8 Å². The van der Waals surface area contributed by atoms with Crippen LogP contribution < -0.4 is 16.8 Å². The van der Waals surface area contributed by atoms with E-state index in [9.17, 15) is 14.4 Å². The number of hydrogen-bond acceptors (Lipinski definition) is 5. The smallest absolute Gasteiger partial charge is 0.320 e. The second-order valence-electron chi connectivity index (χ2n) is 3.66. The maximum atomic E-state index is 10.4. The van der Waals surface area contributed by atoms with E-state index < -0.39 is 17.9 Å². The quantitative estimate of drug-likeness (QED) is 0.435. The van der Waals surface area contributed by atoms with Crippen molar-refractivity contribution in [3.05, 3.63) is 0 Å². The van der Waals surface area contributed by atoms with Gasteiger partial charge in [-0.2, -0.15) is 0 Å². The van der Waals surface area contributed by atoms with Crippen LogP contribution in [0.25, 0.3) is 0 Å². The summed E-state index contributed by atoms with van der Waals surface area (Å²) >= 11 is 4.71. The van der Waals surface area contributed by atoms with Crippen molar-refractivity contribution in [3.8, 4) is 0 Å². The Hall–Kier alpha value is -1.74. The molecule has 0 saturated carbocycles. The van der Waals surface area contributed by atoms with E-state index in [2.05, 4.69) is 5.32 Å². The standard InChI is InChI=1S/C5H10N2O3.C4H6N2OS/c6-3(5(9)10)1-2-4(7)8;1-6-2-3(7)5-4(6)8/h3H,1-2,6H2,(H2,7,8)(H,9,10);2H2,1H3,(H,5,7,8). The number of nitrogens with zero attached hydrogens (tertiary/aromatic N) is 1. The van der Waals surface area contributed by atoms with Gasteiger partial charge in [0.25, 0.3) is 0 Å². The van der Waals surface area contributed by atoms with Gasteiger partial charge in [-0.05, 0) is 18.6 Å². The summed E-state index contributed by atoms with van der Waals surface area (Å²) in [5.41, 5.74) is 9.81. The molecule has 2 amide bonds. The third-order valence-electron chi connectivity index (χ3n) is 1.99. The molecule has 0 spiro atoms. The Bertz CT molecular complexity index is 360. The van der Waals surface area contributed by atoms with Gasteiger partial charge in [0.2, 0.25) is 11.8 Å². The Kier molecular flexibility index (Phi) is 6.83. The molecule has 1 aliphatic heterocycles.